The number of hydrogen-bond donors (Lipinski definition) is 4. The van der Waals surface area contributed by atoms with Gasteiger partial charge in [0.25, 0.3) is 0 Å². The van der Waals surface area contributed by atoms with E-state index in [0.717, 1.165) is 0 Å². The van der Waals surface area contributed by atoms with Gasteiger partial charge < -0.3 is 10.5 Å². The molecule has 1 rings (SSSR count). The molecular weight excluding hydrogens is 152 g/mol. The van der Waals surface area contributed by atoms with Crippen LogP contribution in [0.4, 0.5) is 0 Å². The zero-order chi connectivity index (χ0) is 8.27. The number of carbonyl (C=O) groups excluding carboxylic acids is 1. The molecule has 0 atom stereocenters. The smallest absolute Gasteiger partial charge is 0.247 e. The molecule has 0 spiro atoms. The maximum Gasteiger partial charge on any atom is 0.247 e. The second-order valence-corrected chi connectivity index (χ2v) is 1.77. The van der Waals surface area contributed by atoms with Gasteiger partial charge in [0.2, 0.25) is 11.7 Å². The van der Waals surface area contributed by atoms with Crippen molar-refractivity contribution in [1.82, 2.24) is 10.8 Å². The Morgan fingerprint density at radius 1 is 1.73 bits per heavy atom. The Kier molecular flexibility index (Phi) is 2.02. The van der Waals surface area contributed by atoms with E-state index in [1.54, 1.807) is 5.48 Å². The van der Waals surface area contributed by atoms with E-state index < -0.39 is 5.91 Å². The van der Waals surface area contributed by atoms with Crippen LogP contribution in [-0.4, -0.2) is 34.5 Å². The summed E-state index contributed by atoms with van der Waals surface area (Å²) in [5.41, 5.74) is 1.67. The van der Waals surface area contributed by atoms with Crippen LogP contribution in [0, 0.1) is 0 Å². The van der Waals surface area contributed by atoms with Crippen molar-refractivity contribution in [3.8, 4) is 0 Å². The third-order valence-electron chi connectivity index (χ3n) is 1.07. The predicted octanol–water partition coefficient (Wildman–Crippen LogP) is -1.72. The molecule has 0 aromatic heterocycles. The standard InChI is InChI=1S/C4H6N4O3/c9-2-1-5-3(7-10)4(6-2)8-11/h10-11H,1H2,(H,5,7)(H,6,8,9). The molecule has 0 radical (unpaired) electrons. The van der Waals surface area contributed by atoms with E-state index >= 15 is 0 Å². The van der Waals surface area contributed by atoms with Crippen molar-refractivity contribution in [3.05, 3.63) is 0 Å². The molecule has 1 heterocycles. The summed E-state index contributed by atoms with van der Waals surface area (Å²) in [6.45, 7) is -0.0953. The van der Waals surface area contributed by atoms with E-state index in [2.05, 4.69) is 15.5 Å². The van der Waals surface area contributed by atoms with Gasteiger partial charge in [0.15, 0.2) is 5.84 Å². The van der Waals surface area contributed by atoms with Gasteiger partial charge in [-0.1, -0.05) is 5.16 Å². The highest BCUT2D eigenvalue weighted by Crippen LogP contribution is 1.86. The summed E-state index contributed by atoms with van der Waals surface area (Å²) in [6, 6.07) is 0. The molecule has 7 heteroatoms. The molecule has 1 amide bonds. The van der Waals surface area contributed by atoms with Crippen molar-refractivity contribution < 1.29 is 15.2 Å². The summed E-state index contributed by atoms with van der Waals surface area (Å²) in [4.78, 5) is 14.1. The van der Waals surface area contributed by atoms with Gasteiger partial charge in [-0.15, -0.1) is 0 Å². The average molecular weight is 158 g/mol. The summed E-state index contributed by atoms with van der Waals surface area (Å²) in [7, 11) is 0. The molecule has 0 saturated heterocycles. The van der Waals surface area contributed by atoms with Gasteiger partial charge in [0, 0.05) is 0 Å². The molecule has 7 nitrogen and oxygen atoms in total. The molecule has 0 unspecified atom stereocenters. The fourth-order valence-electron chi connectivity index (χ4n) is 0.617. The van der Waals surface area contributed by atoms with Gasteiger partial charge in [-0.3, -0.25) is 15.0 Å². The minimum Gasteiger partial charge on any atom is -0.409 e. The number of oxime groups is 1. The number of hydroxylamine groups is 1. The Bertz CT molecular complexity index is 233. The van der Waals surface area contributed by atoms with Gasteiger partial charge in [-0.2, -0.15) is 0 Å². The highest BCUT2D eigenvalue weighted by molar-refractivity contribution is 6.43. The monoisotopic (exact) mass is 158 g/mol. The van der Waals surface area contributed by atoms with Crippen LogP contribution in [0.3, 0.4) is 0 Å². The summed E-state index contributed by atoms with van der Waals surface area (Å²) in [5.74, 6) is -0.646. The van der Waals surface area contributed by atoms with Crippen LogP contribution >= 0.6 is 0 Å². The Balaban J connectivity index is 2.84. The lowest BCUT2D eigenvalue weighted by Crippen LogP contribution is -2.47. The lowest BCUT2D eigenvalue weighted by Gasteiger charge is -2.11. The molecule has 1 aliphatic rings. The molecule has 60 valence electrons. The van der Waals surface area contributed by atoms with Crippen LogP contribution in [0.2, 0.25) is 0 Å². The molecule has 0 fully saturated rings. The predicted molar refractivity (Wildman–Crippen MR) is 34.6 cm³/mol. The van der Waals surface area contributed by atoms with Crippen LogP contribution in [0.15, 0.2) is 10.1 Å². The highest BCUT2D eigenvalue weighted by Gasteiger charge is 2.17. The second kappa shape index (κ2) is 2.97. The number of carbonyl (C=O) groups is 1. The molecule has 0 aromatic rings. The molecular formula is C4H6N4O3. The van der Waals surface area contributed by atoms with Crippen molar-refractivity contribution >= 4 is 17.6 Å². The first-order chi connectivity index (χ1) is 5.27. The number of nitrogens with one attached hydrogen (secondary N) is 2. The summed E-state index contributed by atoms with van der Waals surface area (Å²) >= 11 is 0. The van der Waals surface area contributed by atoms with Gasteiger partial charge in [0.1, 0.15) is 6.54 Å². The fraction of sp³-hybridized carbons (Fsp3) is 0.250. The molecule has 11 heavy (non-hydrogen) atoms. The minimum absolute atomic E-state index is 0.0629. The van der Waals surface area contributed by atoms with Crippen LogP contribution in [0.25, 0.3) is 0 Å². The number of nitrogens with zero attached hydrogens (tertiary/aromatic N) is 2. The lowest BCUT2D eigenvalue weighted by molar-refractivity contribution is -0.118. The van der Waals surface area contributed by atoms with Crippen molar-refractivity contribution in [2.24, 2.45) is 10.1 Å². The topological polar surface area (TPSA) is 106 Å². The van der Waals surface area contributed by atoms with Gasteiger partial charge in [0.05, 0.1) is 0 Å². The van der Waals surface area contributed by atoms with Crippen molar-refractivity contribution in [1.29, 1.82) is 0 Å². The first kappa shape index (κ1) is 7.48. The normalized spacial score (nSPS) is 21.0. The van der Waals surface area contributed by atoms with E-state index in [-0.39, 0.29) is 18.2 Å². The van der Waals surface area contributed by atoms with E-state index in [1.165, 1.54) is 0 Å². The molecule has 0 saturated carbocycles. The maximum absolute atomic E-state index is 10.6. The van der Waals surface area contributed by atoms with Crippen molar-refractivity contribution in [2.75, 3.05) is 6.54 Å². The third kappa shape index (κ3) is 1.44. The first-order valence-corrected chi connectivity index (χ1v) is 2.74. The average Bonchev–Trinajstić information content (AvgIpc) is 2.04. The summed E-state index contributed by atoms with van der Waals surface area (Å²) in [6.07, 6.45) is 0. The quantitative estimate of drug-likeness (QED) is 0.248. The largest absolute Gasteiger partial charge is 0.409 e. The van der Waals surface area contributed by atoms with Gasteiger partial charge in [-0.25, -0.2) is 5.48 Å². The zero-order valence-electron chi connectivity index (χ0n) is 5.40. The Morgan fingerprint density at radius 2 is 2.45 bits per heavy atom. The SMILES string of the molecule is O=C1CN=C(NO)C(=NO)N1. The van der Waals surface area contributed by atoms with Gasteiger partial charge in [-0.05, 0) is 0 Å². The number of rotatable bonds is 0. The number of hydrogen-bond acceptors (Lipinski definition) is 6. The molecule has 4 N–H and O–H groups in total. The second-order valence-electron chi connectivity index (χ2n) is 1.77. The molecule has 1 aliphatic heterocycles. The summed E-state index contributed by atoms with van der Waals surface area (Å²) < 4.78 is 0. The van der Waals surface area contributed by atoms with Crippen LogP contribution in [-0.2, 0) is 4.79 Å². The highest BCUT2D eigenvalue weighted by atomic mass is 16.5. The zero-order valence-corrected chi connectivity index (χ0v) is 5.40. The Morgan fingerprint density at radius 3 is 3.00 bits per heavy atom. The Labute approximate surface area is 61.4 Å². The fourth-order valence-corrected chi connectivity index (χ4v) is 0.617. The van der Waals surface area contributed by atoms with E-state index in [4.69, 9.17) is 10.4 Å². The van der Waals surface area contributed by atoms with Gasteiger partial charge >= 0.3 is 0 Å². The van der Waals surface area contributed by atoms with E-state index in [9.17, 15) is 4.79 Å². The Hall–Kier alpha value is -1.63. The lowest BCUT2D eigenvalue weighted by atomic mass is 10.4. The third-order valence-corrected chi connectivity index (χ3v) is 1.07. The maximum atomic E-state index is 10.6. The summed E-state index contributed by atoms with van der Waals surface area (Å²) in [5, 5.41) is 21.5. The number of aliphatic imine (C=N–C) groups is 1. The number of amides is 1. The molecule has 0 bridgehead atoms. The number of amidine groups is 2. The van der Waals surface area contributed by atoms with E-state index in [0.29, 0.717) is 0 Å². The van der Waals surface area contributed by atoms with E-state index in [1.807, 2.05) is 0 Å². The molecule has 0 aliphatic carbocycles. The van der Waals surface area contributed by atoms with Crippen LogP contribution in [0.1, 0.15) is 0 Å². The van der Waals surface area contributed by atoms with Crippen LogP contribution < -0.4 is 10.8 Å². The van der Waals surface area contributed by atoms with Crippen molar-refractivity contribution in [3.63, 3.8) is 0 Å². The molecule has 0 aromatic carbocycles. The minimum atomic E-state index is -0.392. The van der Waals surface area contributed by atoms with Crippen molar-refractivity contribution in [2.45, 2.75) is 0 Å². The first-order valence-electron chi connectivity index (χ1n) is 2.74. The van der Waals surface area contributed by atoms with Crippen LogP contribution in [0.5, 0.6) is 0 Å².